The van der Waals surface area contributed by atoms with Crippen molar-refractivity contribution in [1.82, 2.24) is 19.0 Å². The molecule has 0 aliphatic carbocycles. The number of nitrogens with one attached hydrogen (secondary N) is 1. The van der Waals surface area contributed by atoms with E-state index in [2.05, 4.69) is 27.8 Å². The summed E-state index contributed by atoms with van der Waals surface area (Å²) in [5.41, 5.74) is 4.48. The summed E-state index contributed by atoms with van der Waals surface area (Å²) in [6.45, 7) is 6.09. The van der Waals surface area contributed by atoms with Crippen molar-refractivity contribution in [3.63, 3.8) is 0 Å². The Labute approximate surface area is 169 Å². The highest BCUT2D eigenvalue weighted by Gasteiger charge is 2.19. The predicted molar refractivity (Wildman–Crippen MR) is 114 cm³/mol. The number of anilines is 1. The van der Waals surface area contributed by atoms with Crippen molar-refractivity contribution in [1.29, 1.82) is 0 Å². The molecular formula is C23H23N5O. The van der Waals surface area contributed by atoms with Gasteiger partial charge in [0.25, 0.3) is 5.91 Å². The molecule has 0 fully saturated rings. The first-order valence-corrected chi connectivity index (χ1v) is 9.97. The zero-order chi connectivity index (χ0) is 19.8. The average Bonchev–Trinajstić information content (AvgIpc) is 3.41. The molecule has 6 nitrogen and oxygen atoms in total. The van der Waals surface area contributed by atoms with Crippen molar-refractivity contribution in [3.05, 3.63) is 78.4 Å². The van der Waals surface area contributed by atoms with E-state index in [1.54, 1.807) is 0 Å². The second-order valence-electron chi connectivity index (χ2n) is 7.34. The van der Waals surface area contributed by atoms with E-state index in [4.69, 9.17) is 4.98 Å². The molecule has 29 heavy (non-hydrogen) atoms. The van der Waals surface area contributed by atoms with Crippen LogP contribution in [0.2, 0.25) is 0 Å². The number of likely N-dealkylation sites (N-methyl/N-ethyl adjacent to an activating group) is 1. The fourth-order valence-corrected chi connectivity index (χ4v) is 3.91. The molecule has 1 aliphatic rings. The zero-order valence-electron chi connectivity index (χ0n) is 16.4. The van der Waals surface area contributed by atoms with Crippen LogP contribution in [0.25, 0.3) is 16.7 Å². The standard InChI is InChI=1S/C23H23N5O/c1-2-26-13-14-28-21-10-7-18(15-20(21)25-22(28)16-26)24-23(29)17-5-8-19(9-6-17)27-11-3-4-12-27/h3-12,15H,2,13-14,16H2,1H3,(H,24,29). The van der Waals surface area contributed by atoms with Crippen LogP contribution in [0, 0.1) is 0 Å². The Bertz CT molecular complexity index is 1160. The van der Waals surface area contributed by atoms with Gasteiger partial charge in [-0.15, -0.1) is 0 Å². The number of hydrogen-bond donors (Lipinski definition) is 1. The third-order valence-corrected chi connectivity index (χ3v) is 5.57. The summed E-state index contributed by atoms with van der Waals surface area (Å²) in [6, 6.07) is 17.5. The summed E-state index contributed by atoms with van der Waals surface area (Å²) in [5, 5.41) is 3.00. The van der Waals surface area contributed by atoms with Crippen molar-refractivity contribution in [2.24, 2.45) is 0 Å². The number of nitrogens with zero attached hydrogens (tertiary/aromatic N) is 4. The van der Waals surface area contributed by atoms with Crippen LogP contribution < -0.4 is 5.32 Å². The lowest BCUT2D eigenvalue weighted by molar-refractivity contribution is 0.102. The topological polar surface area (TPSA) is 55.1 Å². The van der Waals surface area contributed by atoms with E-state index in [1.165, 1.54) is 0 Å². The van der Waals surface area contributed by atoms with Gasteiger partial charge in [-0.05, 0) is 61.1 Å². The second kappa shape index (κ2) is 7.22. The number of amides is 1. The number of rotatable bonds is 4. The molecule has 0 unspecified atom stereocenters. The first-order chi connectivity index (χ1) is 14.2. The predicted octanol–water partition coefficient (Wildman–Crippen LogP) is 3.91. The van der Waals surface area contributed by atoms with Crippen LogP contribution in [-0.2, 0) is 13.1 Å². The van der Waals surface area contributed by atoms with Gasteiger partial charge in [0, 0.05) is 42.4 Å². The van der Waals surface area contributed by atoms with Gasteiger partial charge in [-0.1, -0.05) is 6.92 Å². The largest absolute Gasteiger partial charge is 0.326 e. The summed E-state index contributed by atoms with van der Waals surface area (Å²) >= 11 is 0. The second-order valence-corrected chi connectivity index (χ2v) is 7.34. The maximum absolute atomic E-state index is 12.7. The van der Waals surface area contributed by atoms with Crippen LogP contribution in [0.5, 0.6) is 0 Å². The molecule has 5 rings (SSSR count). The summed E-state index contributed by atoms with van der Waals surface area (Å²) in [7, 11) is 0. The average molecular weight is 385 g/mol. The lowest BCUT2D eigenvalue weighted by Crippen LogP contribution is -2.33. The molecule has 0 bridgehead atoms. The number of hydrogen-bond acceptors (Lipinski definition) is 3. The smallest absolute Gasteiger partial charge is 0.255 e. The van der Waals surface area contributed by atoms with Gasteiger partial charge in [-0.25, -0.2) is 4.98 Å². The van der Waals surface area contributed by atoms with Gasteiger partial charge in [0.1, 0.15) is 5.82 Å². The van der Waals surface area contributed by atoms with Gasteiger partial charge >= 0.3 is 0 Å². The van der Waals surface area contributed by atoms with Gasteiger partial charge in [0.2, 0.25) is 0 Å². The monoisotopic (exact) mass is 385 g/mol. The third-order valence-electron chi connectivity index (χ3n) is 5.57. The van der Waals surface area contributed by atoms with Crippen molar-refractivity contribution in [2.45, 2.75) is 20.0 Å². The Morgan fingerprint density at radius 2 is 1.86 bits per heavy atom. The van der Waals surface area contributed by atoms with Gasteiger partial charge in [0.15, 0.2) is 0 Å². The molecule has 6 heteroatoms. The van der Waals surface area contributed by atoms with E-state index in [1.807, 2.05) is 65.5 Å². The minimum Gasteiger partial charge on any atom is -0.326 e. The van der Waals surface area contributed by atoms with Gasteiger partial charge in [-0.3, -0.25) is 9.69 Å². The fraction of sp³-hybridized carbons (Fsp3) is 0.217. The Morgan fingerprint density at radius 3 is 2.62 bits per heavy atom. The summed E-state index contributed by atoms with van der Waals surface area (Å²) in [5.74, 6) is 0.974. The van der Waals surface area contributed by atoms with Crippen LogP contribution in [0.3, 0.4) is 0 Å². The quantitative estimate of drug-likeness (QED) is 0.579. The van der Waals surface area contributed by atoms with Gasteiger partial charge in [-0.2, -0.15) is 0 Å². The van der Waals surface area contributed by atoms with E-state index < -0.39 is 0 Å². The van der Waals surface area contributed by atoms with Gasteiger partial charge in [0.05, 0.1) is 17.6 Å². The van der Waals surface area contributed by atoms with Crippen LogP contribution in [0.15, 0.2) is 67.0 Å². The molecule has 0 saturated heterocycles. The summed E-state index contributed by atoms with van der Waals surface area (Å²) < 4.78 is 4.29. The van der Waals surface area contributed by atoms with E-state index in [0.717, 1.165) is 54.4 Å². The summed E-state index contributed by atoms with van der Waals surface area (Å²) in [4.78, 5) is 19.9. The molecular weight excluding hydrogens is 362 g/mol. The van der Waals surface area contributed by atoms with Crippen molar-refractivity contribution in [2.75, 3.05) is 18.4 Å². The van der Waals surface area contributed by atoms with Gasteiger partial charge < -0.3 is 14.5 Å². The van der Waals surface area contributed by atoms with Crippen LogP contribution in [0.4, 0.5) is 5.69 Å². The molecule has 0 atom stereocenters. The molecule has 1 amide bonds. The lowest BCUT2D eigenvalue weighted by atomic mass is 10.2. The molecule has 0 radical (unpaired) electrons. The minimum atomic E-state index is -0.121. The van der Waals surface area contributed by atoms with Crippen LogP contribution in [0.1, 0.15) is 23.1 Å². The molecule has 146 valence electrons. The molecule has 1 N–H and O–H groups in total. The molecule has 0 saturated carbocycles. The first-order valence-electron chi connectivity index (χ1n) is 9.97. The maximum atomic E-state index is 12.7. The van der Waals surface area contributed by atoms with Crippen molar-refractivity contribution in [3.8, 4) is 5.69 Å². The minimum absolute atomic E-state index is 0.121. The van der Waals surface area contributed by atoms with E-state index in [-0.39, 0.29) is 5.91 Å². The molecule has 3 heterocycles. The van der Waals surface area contributed by atoms with E-state index >= 15 is 0 Å². The number of imidazole rings is 1. The highest BCUT2D eigenvalue weighted by atomic mass is 16.1. The third kappa shape index (κ3) is 3.32. The molecule has 2 aromatic heterocycles. The lowest BCUT2D eigenvalue weighted by Gasteiger charge is -2.26. The van der Waals surface area contributed by atoms with E-state index in [9.17, 15) is 4.79 Å². The Balaban J connectivity index is 1.35. The SMILES string of the molecule is CCN1CCn2c(nc3cc(NC(=O)c4ccc(-n5cccc5)cc4)ccc32)C1. The number of carbonyl (C=O) groups is 1. The van der Waals surface area contributed by atoms with Crippen molar-refractivity contribution >= 4 is 22.6 Å². The molecule has 4 aromatic rings. The fourth-order valence-electron chi connectivity index (χ4n) is 3.91. The normalized spacial score (nSPS) is 14.1. The Hall–Kier alpha value is -3.38. The highest BCUT2D eigenvalue weighted by Crippen LogP contribution is 2.24. The van der Waals surface area contributed by atoms with E-state index in [0.29, 0.717) is 5.56 Å². The Kier molecular flexibility index (Phi) is 4.41. The zero-order valence-corrected chi connectivity index (χ0v) is 16.4. The first kappa shape index (κ1) is 17.7. The van der Waals surface area contributed by atoms with Crippen molar-refractivity contribution < 1.29 is 4.79 Å². The Morgan fingerprint density at radius 1 is 1.07 bits per heavy atom. The summed E-state index contributed by atoms with van der Waals surface area (Å²) in [6.07, 6.45) is 3.96. The molecule has 1 aliphatic heterocycles. The number of carbonyl (C=O) groups excluding carboxylic acids is 1. The maximum Gasteiger partial charge on any atom is 0.255 e. The highest BCUT2D eigenvalue weighted by molar-refractivity contribution is 6.05. The number of benzene rings is 2. The number of aromatic nitrogens is 3. The van der Waals surface area contributed by atoms with Crippen LogP contribution >= 0.6 is 0 Å². The molecule has 0 spiro atoms. The van der Waals surface area contributed by atoms with Crippen LogP contribution in [-0.4, -0.2) is 38.0 Å². The molecule has 2 aromatic carbocycles. The number of fused-ring (bicyclic) bond motifs is 3.